The van der Waals surface area contributed by atoms with Crippen LogP contribution in [0.1, 0.15) is 11.1 Å². The third-order valence-electron chi connectivity index (χ3n) is 3.28. The van der Waals surface area contributed by atoms with Crippen molar-refractivity contribution in [2.24, 2.45) is 0 Å². The van der Waals surface area contributed by atoms with Crippen LogP contribution in [-0.4, -0.2) is 11.5 Å². The fourth-order valence-electron chi connectivity index (χ4n) is 2.17. The van der Waals surface area contributed by atoms with E-state index >= 15 is 0 Å². The minimum atomic E-state index is -0.241. The van der Waals surface area contributed by atoms with Crippen LogP contribution in [0.3, 0.4) is 0 Å². The van der Waals surface area contributed by atoms with Gasteiger partial charge in [-0.05, 0) is 36.6 Å². The summed E-state index contributed by atoms with van der Waals surface area (Å²) in [4.78, 5) is 4.39. The van der Waals surface area contributed by atoms with E-state index < -0.39 is 0 Å². The van der Waals surface area contributed by atoms with E-state index in [4.69, 9.17) is 0 Å². The number of anilines is 1. The Bertz CT molecular complexity index is 736. The van der Waals surface area contributed by atoms with Gasteiger partial charge in [-0.15, -0.1) is 0 Å². The minimum absolute atomic E-state index is 0.241. The Kier molecular flexibility index (Phi) is 3.65. The van der Waals surface area contributed by atoms with Crippen LogP contribution in [0.5, 0.6) is 0 Å². The first kappa shape index (κ1) is 13.1. The van der Waals surface area contributed by atoms with Gasteiger partial charge >= 0.3 is 0 Å². The van der Waals surface area contributed by atoms with Crippen LogP contribution in [0.2, 0.25) is 0 Å². The van der Waals surface area contributed by atoms with E-state index in [1.807, 2.05) is 6.07 Å². The monoisotopic (exact) mass is 286 g/mol. The summed E-state index contributed by atoms with van der Waals surface area (Å²) in [7, 11) is 0. The van der Waals surface area contributed by atoms with Crippen molar-refractivity contribution in [1.29, 1.82) is 0 Å². The van der Waals surface area contributed by atoms with Crippen LogP contribution >= 0.6 is 11.3 Å². The number of benzene rings is 2. The zero-order valence-corrected chi connectivity index (χ0v) is 12.0. The zero-order chi connectivity index (χ0) is 13.9. The molecule has 0 radical (unpaired) electrons. The Morgan fingerprint density at radius 2 is 2.05 bits per heavy atom. The molecule has 1 heterocycles. The number of halogens is 1. The van der Waals surface area contributed by atoms with Crippen LogP contribution in [-0.2, 0) is 6.42 Å². The van der Waals surface area contributed by atoms with Crippen molar-refractivity contribution < 1.29 is 4.39 Å². The number of aryl methyl sites for hydroxylation is 1. The fraction of sp³-hybridized carbons (Fsp3) is 0.188. The summed E-state index contributed by atoms with van der Waals surface area (Å²) >= 11 is 1.56. The molecule has 0 atom stereocenters. The standard InChI is InChI=1S/C16H15FN2S/c1-11-4-2-3-5-12(11)8-9-18-16-19-14-10-13(17)6-7-15(14)20-16/h2-7,10H,8-9H2,1H3,(H,18,19). The summed E-state index contributed by atoms with van der Waals surface area (Å²) in [6, 6.07) is 13.1. The average molecular weight is 286 g/mol. The lowest BCUT2D eigenvalue weighted by molar-refractivity contribution is 0.629. The zero-order valence-electron chi connectivity index (χ0n) is 11.2. The third kappa shape index (κ3) is 2.80. The molecule has 0 bridgehead atoms. The van der Waals surface area contributed by atoms with Crippen LogP contribution in [0.4, 0.5) is 9.52 Å². The molecule has 0 unspecified atom stereocenters. The van der Waals surface area contributed by atoms with Gasteiger partial charge in [0.2, 0.25) is 0 Å². The van der Waals surface area contributed by atoms with Gasteiger partial charge in [-0.1, -0.05) is 35.6 Å². The number of rotatable bonds is 4. The van der Waals surface area contributed by atoms with Gasteiger partial charge in [0.25, 0.3) is 0 Å². The molecule has 0 aliphatic carbocycles. The number of aromatic nitrogens is 1. The van der Waals surface area contributed by atoms with Gasteiger partial charge in [-0.3, -0.25) is 0 Å². The predicted molar refractivity (Wildman–Crippen MR) is 83.0 cm³/mol. The summed E-state index contributed by atoms with van der Waals surface area (Å²) in [5.41, 5.74) is 3.36. The molecule has 1 N–H and O–H groups in total. The lowest BCUT2D eigenvalue weighted by atomic mass is 10.1. The number of fused-ring (bicyclic) bond motifs is 1. The van der Waals surface area contributed by atoms with Crippen LogP contribution in [0.25, 0.3) is 10.2 Å². The van der Waals surface area contributed by atoms with E-state index in [9.17, 15) is 4.39 Å². The number of hydrogen-bond acceptors (Lipinski definition) is 3. The molecule has 0 aliphatic rings. The largest absolute Gasteiger partial charge is 0.361 e. The Morgan fingerprint density at radius 1 is 1.20 bits per heavy atom. The number of hydrogen-bond donors (Lipinski definition) is 1. The highest BCUT2D eigenvalue weighted by Crippen LogP contribution is 2.26. The van der Waals surface area contributed by atoms with Crippen molar-refractivity contribution in [1.82, 2.24) is 4.98 Å². The second-order valence-electron chi connectivity index (χ2n) is 4.73. The van der Waals surface area contributed by atoms with Gasteiger partial charge in [0.15, 0.2) is 5.13 Å². The first-order valence-corrected chi connectivity index (χ1v) is 7.38. The quantitative estimate of drug-likeness (QED) is 0.769. The van der Waals surface area contributed by atoms with Crippen molar-refractivity contribution in [3.63, 3.8) is 0 Å². The summed E-state index contributed by atoms with van der Waals surface area (Å²) in [6.45, 7) is 2.95. The van der Waals surface area contributed by atoms with Gasteiger partial charge < -0.3 is 5.32 Å². The molecule has 4 heteroatoms. The lowest BCUT2D eigenvalue weighted by Gasteiger charge is -2.05. The van der Waals surface area contributed by atoms with E-state index in [0.29, 0.717) is 5.52 Å². The van der Waals surface area contributed by atoms with E-state index in [1.165, 1.54) is 23.3 Å². The second kappa shape index (κ2) is 5.59. The topological polar surface area (TPSA) is 24.9 Å². The molecule has 3 rings (SSSR count). The molecule has 20 heavy (non-hydrogen) atoms. The number of thiazole rings is 1. The molecular formula is C16H15FN2S. The molecule has 1 aromatic heterocycles. The molecule has 0 fully saturated rings. The Labute approximate surface area is 121 Å². The minimum Gasteiger partial charge on any atom is -0.361 e. The maximum absolute atomic E-state index is 13.1. The van der Waals surface area contributed by atoms with Crippen molar-refractivity contribution in [2.45, 2.75) is 13.3 Å². The highest BCUT2D eigenvalue weighted by molar-refractivity contribution is 7.22. The van der Waals surface area contributed by atoms with Gasteiger partial charge in [0, 0.05) is 12.6 Å². The van der Waals surface area contributed by atoms with Crippen molar-refractivity contribution in [3.05, 3.63) is 59.4 Å². The van der Waals surface area contributed by atoms with Crippen LogP contribution in [0.15, 0.2) is 42.5 Å². The van der Waals surface area contributed by atoms with Crippen molar-refractivity contribution in [3.8, 4) is 0 Å². The van der Waals surface area contributed by atoms with Crippen molar-refractivity contribution >= 4 is 26.7 Å². The van der Waals surface area contributed by atoms with Gasteiger partial charge in [0.05, 0.1) is 10.2 Å². The molecule has 2 nitrogen and oxygen atoms in total. The first-order valence-electron chi connectivity index (χ1n) is 6.57. The Hall–Kier alpha value is -1.94. The molecule has 102 valence electrons. The Balaban J connectivity index is 1.67. The predicted octanol–water partition coefficient (Wildman–Crippen LogP) is 4.40. The third-order valence-corrected chi connectivity index (χ3v) is 4.28. The van der Waals surface area contributed by atoms with E-state index in [-0.39, 0.29) is 5.82 Å². The summed E-state index contributed by atoms with van der Waals surface area (Å²) in [5.74, 6) is -0.241. The van der Waals surface area contributed by atoms with E-state index in [0.717, 1.165) is 22.8 Å². The fourth-order valence-corrected chi connectivity index (χ4v) is 3.04. The van der Waals surface area contributed by atoms with E-state index in [1.54, 1.807) is 17.4 Å². The molecule has 0 saturated heterocycles. The molecular weight excluding hydrogens is 271 g/mol. The molecule has 2 aromatic carbocycles. The number of nitrogens with zero attached hydrogens (tertiary/aromatic N) is 1. The lowest BCUT2D eigenvalue weighted by Crippen LogP contribution is -2.05. The highest BCUT2D eigenvalue weighted by atomic mass is 32.1. The highest BCUT2D eigenvalue weighted by Gasteiger charge is 2.04. The smallest absolute Gasteiger partial charge is 0.183 e. The first-order chi connectivity index (χ1) is 9.72. The van der Waals surface area contributed by atoms with Crippen LogP contribution in [0, 0.1) is 12.7 Å². The number of nitrogens with one attached hydrogen (secondary N) is 1. The molecule has 0 saturated carbocycles. The normalized spacial score (nSPS) is 10.9. The molecule has 0 amide bonds. The van der Waals surface area contributed by atoms with E-state index in [2.05, 4.69) is 35.4 Å². The Morgan fingerprint density at radius 3 is 2.90 bits per heavy atom. The molecule has 0 spiro atoms. The maximum atomic E-state index is 13.1. The van der Waals surface area contributed by atoms with Gasteiger partial charge in [-0.2, -0.15) is 0 Å². The summed E-state index contributed by atoms with van der Waals surface area (Å²) in [5, 5.41) is 4.16. The average Bonchev–Trinajstić information content (AvgIpc) is 2.83. The van der Waals surface area contributed by atoms with Gasteiger partial charge in [-0.25, -0.2) is 9.37 Å². The molecule has 3 aromatic rings. The maximum Gasteiger partial charge on any atom is 0.183 e. The van der Waals surface area contributed by atoms with Crippen molar-refractivity contribution in [2.75, 3.05) is 11.9 Å². The SMILES string of the molecule is Cc1ccccc1CCNc1nc2cc(F)ccc2s1. The summed E-state index contributed by atoms with van der Waals surface area (Å²) < 4.78 is 14.1. The summed E-state index contributed by atoms with van der Waals surface area (Å²) in [6.07, 6.45) is 0.955. The second-order valence-corrected chi connectivity index (χ2v) is 5.76. The van der Waals surface area contributed by atoms with Crippen LogP contribution < -0.4 is 5.32 Å². The molecule has 0 aliphatic heterocycles. The van der Waals surface area contributed by atoms with Gasteiger partial charge in [0.1, 0.15) is 5.82 Å².